The van der Waals surface area contributed by atoms with Crippen LogP contribution in [0, 0.1) is 11.8 Å². The molecule has 10 heteroatoms. The second-order valence-electron chi connectivity index (χ2n) is 10.3. The molecule has 0 bridgehead atoms. The number of esters is 2. The van der Waals surface area contributed by atoms with Crippen LogP contribution in [0.5, 0.6) is 0 Å². The molecule has 0 aromatic heterocycles. The molecule has 2 heterocycles. The number of halogens is 4. The van der Waals surface area contributed by atoms with E-state index < -0.39 is 23.1 Å². The Morgan fingerprint density at radius 2 is 0.941 bits per heavy atom. The number of carbonyl (C=O) groups excluding carboxylic acids is 2. The number of hydrogen-bond donors (Lipinski definition) is 2. The smallest absolute Gasteiger partial charge is 0.341 e. The fourth-order valence-electron chi connectivity index (χ4n) is 5.01. The number of rotatable bonds is 6. The van der Waals surface area contributed by atoms with Crippen LogP contribution < -0.4 is 10.6 Å². The zero-order valence-corrected chi connectivity index (χ0v) is 23.1. The Balaban J connectivity index is 1.95. The molecule has 0 spiro atoms. The molecule has 0 atom stereocenters. The molecule has 2 aliphatic heterocycles. The summed E-state index contributed by atoms with van der Waals surface area (Å²) >= 11 is 25.4. The number of ether oxygens (including phenoxy) is 2. The molecule has 0 radical (unpaired) electrons. The minimum absolute atomic E-state index is 0.107. The summed E-state index contributed by atoms with van der Waals surface area (Å²) in [5.74, 6) is -1.20. The van der Waals surface area contributed by atoms with Gasteiger partial charge < -0.3 is 20.1 Å². The van der Waals surface area contributed by atoms with Crippen LogP contribution in [0.1, 0.15) is 74.1 Å². The van der Waals surface area contributed by atoms with E-state index in [9.17, 15) is 9.59 Å². The van der Waals surface area contributed by atoms with Gasteiger partial charge in [-0.15, -0.1) is 0 Å². The highest BCUT2D eigenvalue weighted by atomic mass is 35.5. The van der Waals surface area contributed by atoms with Crippen molar-refractivity contribution in [3.63, 3.8) is 0 Å². The minimum atomic E-state index is -0.776. The summed E-state index contributed by atoms with van der Waals surface area (Å²) in [5, 5.41) is 3.92. The van der Waals surface area contributed by atoms with Crippen molar-refractivity contribution in [2.75, 3.05) is 26.2 Å². The average Bonchev–Trinajstić information content (AvgIpc) is 2.80. The van der Waals surface area contributed by atoms with E-state index in [1.165, 1.54) is 0 Å². The minimum Gasteiger partial charge on any atom is -0.456 e. The lowest BCUT2D eigenvalue weighted by Gasteiger charge is -2.36. The Bertz CT molecular complexity index is 865. The lowest BCUT2D eigenvalue weighted by Crippen LogP contribution is -2.86. The summed E-state index contributed by atoms with van der Waals surface area (Å²) in [6.45, 7) is 11.4. The first-order valence-corrected chi connectivity index (χ1v) is 13.3. The summed E-state index contributed by atoms with van der Waals surface area (Å²) < 4.78 is 11.8. The molecule has 2 aliphatic rings. The van der Waals surface area contributed by atoms with Crippen LogP contribution in [-0.2, 0) is 9.47 Å². The van der Waals surface area contributed by atoms with Crippen molar-refractivity contribution in [1.82, 2.24) is 0 Å². The maximum atomic E-state index is 13.4. The quantitative estimate of drug-likeness (QED) is 0.314. The number of quaternary nitrogens is 2. The molecule has 2 fully saturated rings. The van der Waals surface area contributed by atoms with Crippen LogP contribution in [0.2, 0.25) is 20.1 Å². The molecule has 0 aliphatic carbocycles. The number of benzene rings is 1. The Kier molecular flexibility index (Phi) is 9.08. The maximum Gasteiger partial charge on any atom is 0.341 e. The van der Waals surface area contributed by atoms with Crippen LogP contribution in [0.15, 0.2) is 0 Å². The second kappa shape index (κ2) is 11.1. The predicted octanol–water partition coefficient (Wildman–Crippen LogP) is 4.12. The van der Waals surface area contributed by atoms with E-state index in [1.807, 2.05) is 27.7 Å². The molecule has 6 nitrogen and oxygen atoms in total. The first-order valence-electron chi connectivity index (χ1n) is 11.8. The van der Waals surface area contributed by atoms with Crippen molar-refractivity contribution in [3.8, 4) is 0 Å². The highest BCUT2D eigenvalue weighted by molar-refractivity contribution is 6.54. The van der Waals surface area contributed by atoms with E-state index in [-0.39, 0.29) is 43.1 Å². The first kappa shape index (κ1) is 27.8. The largest absolute Gasteiger partial charge is 0.456 e. The van der Waals surface area contributed by atoms with Crippen LogP contribution in [0.25, 0.3) is 0 Å². The molecular formula is C24H34Cl4N2O4+2. The third-order valence-corrected chi connectivity index (χ3v) is 9.03. The van der Waals surface area contributed by atoms with Crippen LogP contribution in [0.3, 0.4) is 0 Å². The van der Waals surface area contributed by atoms with Gasteiger partial charge in [-0.3, -0.25) is 0 Å². The van der Waals surface area contributed by atoms with Gasteiger partial charge in [0.25, 0.3) is 0 Å². The highest BCUT2D eigenvalue weighted by Gasteiger charge is 2.41. The van der Waals surface area contributed by atoms with Gasteiger partial charge in [0, 0.05) is 37.5 Å². The Labute approximate surface area is 221 Å². The number of carbonyl (C=O) groups is 2. The Hall–Kier alpha value is -0.760. The van der Waals surface area contributed by atoms with Crippen molar-refractivity contribution in [2.24, 2.45) is 11.8 Å². The molecule has 2 saturated heterocycles. The van der Waals surface area contributed by atoms with Crippen LogP contribution in [-0.4, -0.2) is 49.3 Å². The normalized spacial score (nSPS) is 18.6. The van der Waals surface area contributed by atoms with E-state index in [4.69, 9.17) is 55.9 Å². The zero-order valence-electron chi connectivity index (χ0n) is 20.1. The Morgan fingerprint density at radius 1 is 0.647 bits per heavy atom. The molecule has 0 saturated carbocycles. The fraction of sp³-hybridized carbons (Fsp3) is 0.667. The highest BCUT2D eigenvalue weighted by Crippen LogP contribution is 2.43. The van der Waals surface area contributed by atoms with E-state index in [0.29, 0.717) is 0 Å². The molecule has 4 N–H and O–H groups in total. The third kappa shape index (κ3) is 5.96. The van der Waals surface area contributed by atoms with Gasteiger partial charge in [-0.1, -0.05) is 46.4 Å². The summed E-state index contributed by atoms with van der Waals surface area (Å²) in [6.07, 6.45) is 3.66. The fourth-order valence-corrected chi connectivity index (χ4v) is 6.01. The average molecular weight is 556 g/mol. The van der Waals surface area contributed by atoms with E-state index in [2.05, 4.69) is 10.6 Å². The van der Waals surface area contributed by atoms with Gasteiger partial charge in [0.05, 0.1) is 57.4 Å². The molecule has 190 valence electrons. The van der Waals surface area contributed by atoms with Crippen molar-refractivity contribution in [2.45, 2.75) is 64.6 Å². The molecule has 0 unspecified atom stereocenters. The molecular weight excluding hydrogens is 522 g/mol. The number of nitrogens with two attached hydrogens (primary N) is 2. The van der Waals surface area contributed by atoms with Gasteiger partial charge >= 0.3 is 11.9 Å². The number of hydrogen-bond acceptors (Lipinski definition) is 4. The summed E-state index contributed by atoms with van der Waals surface area (Å²) in [5.41, 5.74) is -1.97. The van der Waals surface area contributed by atoms with Crippen molar-refractivity contribution < 1.29 is 29.7 Å². The van der Waals surface area contributed by atoms with Gasteiger partial charge in [0.15, 0.2) is 0 Å². The molecule has 3 rings (SSSR count). The van der Waals surface area contributed by atoms with Gasteiger partial charge in [-0.05, 0) is 27.7 Å². The summed E-state index contributed by atoms with van der Waals surface area (Å²) in [7, 11) is 0. The first-order chi connectivity index (χ1) is 15.9. The van der Waals surface area contributed by atoms with Gasteiger partial charge in [0.1, 0.15) is 11.2 Å². The monoisotopic (exact) mass is 554 g/mol. The van der Waals surface area contributed by atoms with Crippen molar-refractivity contribution >= 4 is 58.3 Å². The van der Waals surface area contributed by atoms with Crippen molar-refractivity contribution in [3.05, 3.63) is 31.2 Å². The topological polar surface area (TPSA) is 85.8 Å². The second-order valence-corrected chi connectivity index (χ2v) is 11.8. The molecule has 1 aromatic rings. The lowest BCUT2D eigenvalue weighted by atomic mass is 9.83. The third-order valence-electron chi connectivity index (χ3n) is 7.23. The summed E-state index contributed by atoms with van der Waals surface area (Å²) in [4.78, 5) is 26.9. The molecule has 34 heavy (non-hydrogen) atoms. The van der Waals surface area contributed by atoms with Crippen LogP contribution in [0.4, 0.5) is 0 Å². The predicted molar refractivity (Wildman–Crippen MR) is 134 cm³/mol. The maximum absolute atomic E-state index is 13.4. The molecule has 1 aromatic carbocycles. The SMILES string of the molecule is CC(C)(OC(=O)c1c(Cl)c(Cl)c(Cl)c(Cl)c1C(=O)OC(C)(C)C1CC[NH2+]CC1)C1CC[NH2+]CC1. The van der Waals surface area contributed by atoms with Gasteiger partial charge in [0.2, 0.25) is 0 Å². The van der Waals surface area contributed by atoms with E-state index >= 15 is 0 Å². The molecule has 0 amide bonds. The lowest BCUT2D eigenvalue weighted by molar-refractivity contribution is -0.666. The summed E-state index contributed by atoms with van der Waals surface area (Å²) in [6, 6.07) is 0. The zero-order chi connectivity index (χ0) is 25.3. The van der Waals surface area contributed by atoms with E-state index in [1.54, 1.807) is 0 Å². The Morgan fingerprint density at radius 3 is 1.24 bits per heavy atom. The number of piperidine rings is 2. The van der Waals surface area contributed by atoms with Gasteiger partial charge in [-0.2, -0.15) is 0 Å². The van der Waals surface area contributed by atoms with Crippen LogP contribution >= 0.6 is 46.4 Å². The van der Waals surface area contributed by atoms with Crippen molar-refractivity contribution in [1.29, 1.82) is 0 Å². The van der Waals surface area contributed by atoms with Gasteiger partial charge in [-0.25, -0.2) is 9.59 Å². The van der Waals surface area contributed by atoms with E-state index in [0.717, 1.165) is 51.9 Å². The standard InChI is InChI=1S/C24H32Cl4N2O4/c1-23(2,13-5-9-29-10-6-13)33-21(31)15-16(18(26)20(28)19(27)17(15)25)22(32)34-24(3,4)14-7-11-30-12-8-14/h13-14,29-30H,5-12H2,1-4H3/p+2.